The fourth-order valence-electron chi connectivity index (χ4n) is 2.35. The number of amides is 1. The summed E-state index contributed by atoms with van der Waals surface area (Å²) >= 11 is 0. The van der Waals surface area contributed by atoms with Gasteiger partial charge < -0.3 is 9.64 Å². The van der Waals surface area contributed by atoms with Crippen molar-refractivity contribution in [2.45, 2.75) is 18.4 Å². The van der Waals surface area contributed by atoms with Gasteiger partial charge in [-0.15, -0.1) is 0 Å². The maximum Gasteiger partial charge on any atom is 0.338 e. The molecular weight excluding hydrogens is 387 g/mol. The lowest BCUT2D eigenvalue weighted by molar-refractivity contribution is -0.133. The molecule has 0 unspecified atom stereocenters. The van der Waals surface area contributed by atoms with E-state index in [1.54, 1.807) is 25.1 Å². The van der Waals surface area contributed by atoms with Crippen LogP contribution in [0.25, 0.3) is 0 Å². The van der Waals surface area contributed by atoms with Gasteiger partial charge in [0.15, 0.2) is 6.61 Å². The Kier molecular flexibility index (Phi) is 7.24. The van der Waals surface area contributed by atoms with Crippen molar-refractivity contribution in [2.24, 2.45) is 0 Å². The molecule has 2 rings (SSSR count). The largest absolute Gasteiger partial charge is 0.452 e. The Hall–Kier alpha value is -2.78. The summed E-state index contributed by atoms with van der Waals surface area (Å²) in [5, 5.41) is 0. The molecule has 1 amide bonds. The molecule has 0 bridgehead atoms. The third-order valence-corrected chi connectivity index (χ3v) is 5.38. The van der Waals surface area contributed by atoms with Crippen molar-refractivity contribution in [3.05, 3.63) is 65.5 Å². The number of nitrogens with zero attached hydrogens (tertiary/aromatic N) is 1. The number of benzene rings is 2. The highest BCUT2D eigenvalue weighted by molar-refractivity contribution is 7.89. The summed E-state index contributed by atoms with van der Waals surface area (Å²) in [4.78, 5) is 25.4. The molecular formula is C19H21FN2O5S. The number of likely N-dealkylation sites (N-methyl/N-ethyl adjacent to an activating group) is 1. The smallest absolute Gasteiger partial charge is 0.338 e. The molecule has 0 aliphatic heterocycles. The van der Waals surface area contributed by atoms with Crippen molar-refractivity contribution in [1.82, 2.24) is 9.62 Å². The van der Waals surface area contributed by atoms with Crippen LogP contribution in [0.1, 0.15) is 22.8 Å². The van der Waals surface area contributed by atoms with E-state index in [0.717, 1.165) is 0 Å². The van der Waals surface area contributed by atoms with Gasteiger partial charge in [-0.1, -0.05) is 31.2 Å². The van der Waals surface area contributed by atoms with Crippen molar-refractivity contribution in [3.8, 4) is 0 Å². The summed E-state index contributed by atoms with van der Waals surface area (Å²) in [5.74, 6) is -1.79. The van der Waals surface area contributed by atoms with E-state index in [1.807, 2.05) is 0 Å². The number of rotatable bonds is 8. The van der Waals surface area contributed by atoms with Crippen molar-refractivity contribution < 1.29 is 27.1 Å². The Morgan fingerprint density at radius 1 is 1.14 bits per heavy atom. The standard InChI is InChI=1S/C19H21FN2O5S/c1-3-21-28(25,26)16-9-6-8-14(11-16)19(24)27-13-18(23)22(2)12-15-7-4-5-10-17(15)20/h4-11,21H,3,12-13H2,1-2H3. The van der Waals surface area contributed by atoms with Gasteiger partial charge in [-0.3, -0.25) is 4.79 Å². The molecule has 0 radical (unpaired) electrons. The van der Waals surface area contributed by atoms with Gasteiger partial charge >= 0.3 is 5.97 Å². The summed E-state index contributed by atoms with van der Waals surface area (Å²) in [5.41, 5.74) is 0.342. The normalized spacial score (nSPS) is 11.1. The average Bonchev–Trinajstić information content (AvgIpc) is 2.67. The van der Waals surface area contributed by atoms with Crippen LogP contribution in [0.3, 0.4) is 0 Å². The molecule has 0 aliphatic rings. The second kappa shape index (κ2) is 9.43. The number of nitrogens with one attached hydrogen (secondary N) is 1. The number of carbonyl (C=O) groups excluding carboxylic acids is 2. The molecule has 2 aromatic carbocycles. The first-order chi connectivity index (χ1) is 13.2. The van der Waals surface area contributed by atoms with Gasteiger partial charge in [0.05, 0.1) is 10.5 Å². The van der Waals surface area contributed by atoms with Crippen molar-refractivity contribution in [3.63, 3.8) is 0 Å². The molecule has 9 heteroatoms. The minimum absolute atomic E-state index is 0.00327. The Labute approximate surface area is 163 Å². The Bertz CT molecular complexity index is 962. The van der Waals surface area contributed by atoms with E-state index >= 15 is 0 Å². The number of esters is 1. The molecule has 0 atom stereocenters. The second-order valence-corrected chi connectivity index (χ2v) is 7.71. The van der Waals surface area contributed by atoms with Crippen LogP contribution in [0.2, 0.25) is 0 Å². The van der Waals surface area contributed by atoms with Gasteiger partial charge in [0.2, 0.25) is 10.0 Å². The average molecular weight is 408 g/mol. The molecule has 0 spiro atoms. The molecule has 0 fully saturated rings. The van der Waals surface area contributed by atoms with E-state index in [2.05, 4.69) is 4.72 Å². The topological polar surface area (TPSA) is 92.8 Å². The SMILES string of the molecule is CCNS(=O)(=O)c1cccc(C(=O)OCC(=O)N(C)Cc2ccccc2F)c1. The number of ether oxygens (including phenoxy) is 1. The molecule has 0 heterocycles. The van der Waals surface area contributed by atoms with Gasteiger partial charge in [-0.2, -0.15) is 0 Å². The van der Waals surface area contributed by atoms with Crippen LogP contribution in [0, 0.1) is 5.82 Å². The molecule has 7 nitrogen and oxygen atoms in total. The van der Waals surface area contributed by atoms with E-state index in [0.29, 0.717) is 5.56 Å². The Balaban J connectivity index is 1.98. The van der Waals surface area contributed by atoms with Crippen LogP contribution in [0.5, 0.6) is 0 Å². The van der Waals surface area contributed by atoms with E-state index in [9.17, 15) is 22.4 Å². The van der Waals surface area contributed by atoms with Gasteiger partial charge in [-0.25, -0.2) is 22.3 Å². The maximum absolute atomic E-state index is 13.7. The van der Waals surface area contributed by atoms with Crippen molar-refractivity contribution in [1.29, 1.82) is 0 Å². The summed E-state index contributed by atoms with van der Waals surface area (Å²) in [6, 6.07) is 11.4. The quantitative estimate of drug-likeness (QED) is 0.674. The molecule has 28 heavy (non-hydrogen) atoms. The fourth-order valence-corrected chi connectivity index (χ4v) is 3.44. The van der Waals surface area contributed by atoms with Crippen LogP contribution in [-0.4, -0.2) is 45.4 Å². The van der Waals surface area contributed by atoms with Crippen LogP contribution in [-0.2, 0) is 26.1 Å². The zero-order valence-corrected chi connectivity index (χ0v) is 16.3. The predicted octanol–water partition coefficient (Wildman–Crippen LogP) is 1.94. The Morgan fingerprint density at radius 3 is 2.54 bits per heavy atom. The molecule has 1 N–H and O–H groups in total. The minimum atomic E-state index is -3.72. The molecule has 2 aromatic rings. The van der Waals surface area contributed by atoms with E-state index in [4.69, 9.17) is 4.74 Å². The molecule has 0 saturated heterocycles. The highest BCUT2D eigenvalue weighted by Crippen LogP contribution is 2.13. The third kappa shape index (κ3) is 5.61. The lowest BCUT2D eigenvalue weighted by atomic mass is 10.2. The lowest BCUT2D eigenvalue weighted by Crippen LogP contribution is -2.31. The number of sulfonamides is 1. The van der Waals surface area contributed by atoms with Crippen molar-refractivity contribution in [2.75, 3.05) is 20.2 Å². The monoisotopic (exact) mass is 408 g/mol. The summed E-state index contributed by atoms with van der Waals surface area (Å²) < 4.78 is 45.0. The highest BCUT2D eigenvalue weighted by Gasteiger charge is 2.18. The maximum atomic E-state index is 13.7. The third-order valence-electron chi connectivity index (χ3n) is 3.83. The van der Waals surface area contributed by atoms with Gasteiger partial charge in [0, 0.05) is 25.7 Å². The van der Waals surface area contributed by atoms with Gasteiger partial charge in [0.25, 0.3) is 5.91 Å². The zero-order chi connectivity index (χ0) is 20.7. The first-order valence-electron chi connectivity index (χ1n) is 8.49. The van der Waals surface area contributed by atoms with Crippen molar-refractivity contribution >= 4 is 21.9 Å². The first-order valence-corrected chi connectivity index (χ1v) is 9.97. The summed E-state index contributed by atoms with van der Waals surface area (Å²) in [6.45, 7) is 1.33. The molecule has 0 aliphatic carbocycles. The zero-order valence-electron chi connectivity index (χ0n) is 15.5. The van der Waals surface area contributed by atoms with E-state index in [-0.39, 0.29) is 23.5 Å². The van der Waals surface area contributed by atoms with E-state index < -0.39 is 34.3 Å². The lowest BCUT2D eigenvalue weighted by Gasteiger charge is -2.17. The number of carbonyl (C=O) groups is 2. The predicted molar refractivity (Wildman–Crippen MR) is 100 cm³/mol. The van der Waals surface area contributed by atoms with Crippen LogP contribution >= 0.6 is 0 Å². The van der Waals surface area contributed by atoms with Gasteiger partial charge in [0.1, 0.15) is 5.82 Å². The summed E-state index contributed by atoms with van der Waals surface area (Å²) in [6.07, 6.45) is 0. The minimum Gasteiger partial charge on any atom is -0.452 e. The second-order valence-electron chi connectivity index (χ2n) is 5.95. The molecule has 0 saturated carbocycles. The van der Waals surface area contributed by atoms with E-state index in [1.165, 1.54) is 42.3 Å². The summed E-state index contributed by atoms with van der Waals surface area (Å²) in [7, 11) is -2.25. The fraction of sp³-hybridized carbons (Fsp3) is 0.263. The molecule has 0 aromatic heterocycles. The number of halogens is 1. The Morgan fingerprint density at radius 2 is 1.86 bits per heavy atom. The van der Waals surface area contributed by atoms with Crippen LogP contribution in [0.4, 0.5) is 4.39 Å². The number of hydrogen-bond donors (Lipinski definition) is 1. The first kappa shape index (κ1) is 21.5. The highest BCUT2D eigenvalue weighted by atomic mass is 32.2. The number of hydrogen-bond acceptors (Lipinski definition) is 5. The van der Waals surface area contributed by atoms with Gasteiger partial charge in [-0.05, 0) is 24.3 Å². The van der Waals surface area contributed by atoms with Crippen LogP contribution in [0.15, 0.2) is 53.4 Å². The van der Waals surface area contributed by atoms with Crippen LogP contribution < -0.4 is 4.72 Å². The molecule has 150 valence electrons.